The molecule has 1 amide bonds. The van der Waals surface area contributed by atoms with E-state index in [1.165, 1.54) is 25.1 Å². The zero-order valence-corrected chi connectivity index (χ0v) is 13.7. The van der Waals surface area contributed by atoms with Crippen molar-refractivity contribution in [2.24, 2.45) is 5.92 Å². The standard InChI is InChI=1S/C17H20F3NO4/c1-10(25-14-5-3-2-4-13(14)17(18,19)20)15(22)21-12-8-6-11(7-9-12)16(23)24/h2-5,10-12H,6-9H2,1H3,(H,21,22)(H,23,24). The van der Waals surface area contributed by atoms with Crippen molar-refractivity contribution >= 4 is 11.9 Å². The summed E-state index contributed by atoms with van der Waals surface area (Å²) < 4.78 is 44.0. The number of para-hydroxylation sites is 1. The van der Waals surface area contributed by atoms with E-state index in [9.17, 15) is 22.8 Å². The minimum Gasteiger partial charge on any atom is -0.481 e. The fourth-order valence-electron chi connectivity index (χ4n) is 2.85. The number of carbonyl (C=O) groups excluding carboxylic acids is 1. The quantitative estimate of drug-likeness (QED) is 0.846. The molecule has 1 aliphatic rings. The van der Waals surface area contributed by atoms with Gasteiger partial charge in [0, 0.05) is 6.04 Å². The Labute approximate surface area is 143 Å². The third-order valence-electron chi connectivity index (χ3n) is 4.29. The molecule has 1 aromatic rings. The summed E-state index contributed by atoms with van der Waals surface area (Å²) in [5, 5.41) is 11.7. The second-order valence-electron chi connectivity index (χ2n) is 6.15. The number of amides is 1. The van der Waals surface area contributed by atoms with Gasteiger partial charge in [0.15, 0.2) is 6.10 Å². The molecule has 0 aliphatic heterocycles. The fourth-order valence-corrected chi connectivity index (χ4v) is 2.85. The molecule has 1 saturated carbocycles. The van der Waals surface area contributed by atoms with Crippen LogP contribution in [0.3, 0.4) is 0 Å². The molecule has 5 nitrogen and oxygen atoms in total. The molecule has 0 bridgehead atoms. The Hall–Kier alpha value is -2.25. The molecule has 2 N–H and O–H groups in total. The van der Waals surface area contributed by atoms with Gasteiger partial charge in [-0.15, -0.1) is 0 Å². The highest BCUT2D eigenvalue weighted by Gasteiger charge is 2.35. The van der Waals surface area contributed by atoms with Gasteiger partial charge in [0.2, 0.25) is 0 Å². The summed E-state index contributed by atoms with van der Waals surface area (Å²) in [6, 6.07) is 4.54. The number of ether oxygens (including phenoxy) is 1. The van der Waals surface area contributed by atoms with Gasteiger partial charge >= 0.3 is 12.1 Å². The second-order valence-corrected chi connectivity index (χ2v) is 6.15. The summed E-state index contributed by atoms with van der Waals surface area (Å²) >= 11 is 0. The molecule has 0 radical (unpaired) electrons. The molecule has 1 fully saturated rings. The van der Waals surface area contributed by atoms with Crippen molar-refractivity contribution in [1.82, 2.24) is 5.32 Å². The van der Waals surface area contributed by atoms with Crippen molar-refractivity contribution in [2.45, 2.75) is 50.9 Å². The van der Waals surface area contributed by atoms with Crippen LogP contribution >= 0.6 is 0 Å². The molecular formula is C17H20F3NO4. The minimum absolute atomic E-state index is 0.188. The van der Waals surface area contributed by atoms with Crippen molar-refractivity contribution in [3.8, 4) is 5.75 Å². The Morgan fingerprint density at radius 1 is 1.20 bits per heavy atom. The van der Waals surface area contributed by atoms with Crippen LogP contribution in [0.15, 0.2) is 24.3 Å². The lowest BCUT2D eigenvalue weighted by Crippen LogP contribution is -2.44. The highest BCUT2D eigenvalue weighted by Crippen LogP contribution is 2.36. The lowest BCUT2D eigenvalue weighted by Gasteiger charge is -2.28. The van der Waals surface area contributed by atoms with E-state index in [0.717, 1.165) is 6.07 Å². The summed E-state index contributed by atoms with van der Waals surface area (Å²) in [5.74, 6) is -2.16. The third-order valence-corrected chi connectivity index (χ3v) is 4.29. The molecule has 2 rings (SSSR count). The maximum atomic E-state index is 12.9. The van der Waals surface area contributed by atoms with Crippen LogP contribution in [0.25, 0.3) is 0 Å². The molecule has 1 aliphatic carbocycles. The summed E-state index contributed by atoms with van der Waals surface area (Å²) in [7, 11) is 0. The van der Waals surface area contributed by atoms with E-state index in [4.69, 9.17) is 9.84 Å². The predicted octanol–water partition coefficient (Wildman–Crippen LogP) is 3.23. The van der Waals surface area contributed by atoms with Crippen LogP contribution in [0.5, 0.6) is 5.75 Å². The molecule has 0 aromatic heterocycles. The van der Waals surface area contributed by atoms with Crippen molar-refractivity contribution < 1.29 is 32.6 Å². The number of rotatable bonds is 5. The van der Waals surface area contributed by atoms with Crippen molar-refractivity contribution in [1.29, 1.82) is 0 Å². The number of aliphatic carboxylic acids is 1. The number of benzene rings is 1. The number of hydrogen-bond donors (Lipinski definition) is 2. The monoisotopic (exact) mass is 359 g/mol. The summed E-state index contributed by atoms with van der Waals surface area (Å²) in [5.41, 5.74) is -0.934. The third kappa shape index (κ3) is 5.11. The van der Waals surface area contributed by atoms with Crippen LogP contribution in [0.1, 0.15) is 38.2 Å². The zero-order chi connectivity index (χ0) is 18.6. The lowest BCUT2D eigenvalue weighted by atomic mass is 9.86. The van der Waals surface area contributed by atoms with Crippen molar-refractivity contribution in [2.75, 3.05) is 0 Å². The van der Waals surface area contributed by atoms with E-state index in [-0.39, 0.29) is 6.04 Å². The number of carboxylic acids is 1. The molecule has 25 heavy (non-hydrogen) atoms. The summed E-state index contributed by atoms with van der Waals surface area (Å²) in [4.78, 5) is 23.1. The van der Waals surface area contributed by atoms with E-state index in [1.54, 1.807) is 0 Å². The van der Waals surface area contributed by atoms with E-state index < -0.39 is 41.4 Å². The van der Waals surface area contributed by atoms with Gasteiger partial charge < -0.3 is 15.2 Å². The van der Waals surface area contributed by atoms with Crippen LogP contribution in [-0.4, -0.2) is 29.1 Å². The molecular weight excluding hydrogens is 339 g/mol. The van der Waals surface area contributed by atoms with Crippen LogP contribution < -0.4 is 10.1 Å². The first kappa shape index (κ1) is 19.1. The molecule has 138 valence electrons. The smallest absolute Gasteiger partial charge is 0.419 e. The van der Waals surface area contributed by atoms with Gasteiger partial charge in [0.25, 0.3) is 5.91 Å². The Morgan fingerprint density at radius 3 is 2.36 bits per heavy atom. The lowest BCUT2D eigenvalue weighted by molar-refractivity contribution is -0.143. The average Bonchev–Trinajstić information content (AvgIpc) is 2.54. The maximum Gasteiger partial charge on any atom is 0.419 e. The first-order valence-corrected chi connectivity index (χ1v) is 8.04. The zero-order valence-electron chi connectivity index (χ0n) is 13.7. The molecule has 1 unspecified atom stereocenters. The Kier molecular flexibility index (Phi) is 5.92. The van der Waals surface area contributed by atoms with Crippen LogP contribution in [0.2, 0.25) is 0 Å². The molecule has 1 aromatic carbocycles. The Morgan fingerprint density at radius 2 is 1.80 bits per heavy atom. The highest BCUT2D eigenvalue weighted by molar-refractivity contribution is 5.81. The molecule has 0 spiro atoms. The summed E-state index contributed by atoms with van der Waals surface area (Å²) in [6.07, 6.45) is -3.69. The van der Waals surface area contributed by atoms with Gasteiger partial charge in [-0.3, -0.25) is 9.59 Å². The van der Waals surface area contributed by atoms with Gasteiger partial charge in [-0.05, 0) is 44.7 Å². The average molecular weight is 359 g/mol. The fraction of sp³-hybridized carbons (Fsp3) is 0.529. The van der Waals surface area contributed by atoms with Gasteiger partial charge in [0.1, 0.15) is 5.75 Å². The van der Waals surface area contributed by atoms with Crippen LogP contribution in [-0.2, 0) is 15.8 Å². The van der Waals surface area contributed by atoms with E-state index in [1.807, 2.05) is 0 Å². The molecule has 0 heterocycles. The maximum absolute atomic E-state index is 12.9. The predicted molar refractivity (Wildman–Crippen MR) is 83.1 cm³/mol. The van der Waals surface area contributed by atoms with E-state index in [2.05, 4.69) is 5.32 Å². The van der Waals surface area contributed by atoms with Gasteiger partial charge in [-0.1, -0.05) is 12.1 Å². The number of alkyl halides is 3. The number of carbonyl (C=O) groups is 2. The topological polar surface area (TPSA) is 75.6 Å². The number of carboxylic acid groups (broad SMARTS) is 1. The SMILES string of the molecule is CC(Oc1ccccc1C(F)(F)F)C(=O)NC1CCC(C(=O)O)CC1. The highest BCUT2D eigenvalue weighted by atomic mass is 19.4. The normalized spacial score (nSPS) is 22.1. The second kappa shape index (κ2) is 7.76. The summed E-state index contributed by atoms with van der Waals surface area (Å²) in [6.45, 7) is 1.38. The number of halogens is 3. The molecule has 8 heteroatoms. The number of nitrogens with one attached hydrogen (secondary N) is 1. The van der Waals surface area contributed by atoms with Gasteiger partial charge in [0.05, 0.1) is 11.5 Å². The van der Waals surface area contributed by atoms with Crippen molar-refractivity contribution in [3.63, 3.8) is 0 Å². The first-order valence-electron chi connectivity index (χ1n) is 8.04. The molecule has 1 atom stereocenters. The first-order chi connectivity index (χ1) is 11.7. The van der Waals surface area contributed by atoms with Gasteiger partial charge in [-0.25, -0.2) is 0 Å². The van der Waals surface area contributed by atoms with Crippen LogP contribution in [0.4, 0.5) is 13.2 Å². The number of hydrogen-bond acceptors (Lipinski definition) is 3. The van der Waals surface area contributed by atoms with Crippen LogP contribution in [0, 0.1) is 5.92 Å². The Balaban J connectivity index is 1.93. The molecule has 0 saturated heterocycles. The van der Waals surface area contributed by atoms with Crippen molar-refractivity contribution in [3.05, 3.63) is 29.8 Å². The van der Waals surface area contributed by atoms with E-state index in [0.29, 0.717) is 25.7 Å². The minimum atomic E-state index is -4.57. The largest absolute Gasteiger partial charge is 0.481 e. The Bertz CT molecular complexity index is 625. The van der Waals surface area contributed by atoms with Gasteiger partial charge in [-0.2, -0.15) is 13.2 Å². The van der Waals surface area contributed by atoms with E-state index >= 15 is 0 Å².